The highest BCUT2D eigenvalue weighted by molar-refractivity contribution is 5.59. The number of benzene rings is 2. The van der Waals surface area contributed by atoms with Crippen LogP contribution in [0.3, 0.4) is 0 Å². The molecule has 0 radical (unpaired) electrons. The number of likely N-dealkylation sites (tertiary alicyclic amines) is 1. The molecule has 0 amide bonds. The number of ether oxygens (including phenoxy) is 2. The van der Waals surface area contributed by atoms with Gasteiger partial charge in [-0.25, -0.2) is 4.98 Å². The van der Waals surface area contributed by atoms with Crippen LogP contribution in [0, 0.1) is 0 Å². The number of rotatable bonds is 7. The highest BCUT2D eigenvalue weighted by Gasteiger charge is 2.29. The number of hydrogen-bond donors (Lipinski definition) is 2. The van der Waals surface area contributed by atoms with Crippen molar-refractivity contribution in [2.75, 3.05) is 62.0 Å². The lowest BCUT2D eigenvalue weighted by Crippen LogP contribution is -2.39. The molecule has 2 saturated heterocycles. The normalized spacial score (nSPS) is 18.7. The summed E-state index contributed by atoms with van der Waals surface area (Å²) in [5.74, 6) is 2.79. The Morgan fingerprint density at radius 1 is 1.02 bits per heavy atom. The van der Waals surface area contributed by atoms with Crippen molar-refractivity contribution >= 4 is 17.2 Å². The molecule has 1 unspecified atom stereocenters. The minimum atomic E-state index is -0.139. The second-order valence-electron chi connectivity index (χ2n) is 12.3. The Bertz CT molecular complexity index is 1660. The molecule has 2 aromatic heterocycles. The summed E-state index contributed by atoms with van der Waals surface area (Å²) in [6.45, 7) is 5.08. The average Bonchev–Trinajstić information content (AvgIpc) is 3.05. The maximum atomic E-state index is 11.9. The molecule has 9 heteroatoms. The third-order valence-corrected chi connectivity index (χ3v) is 8.95. The number of aromatic amines is 1. The fraction of sp³-hybridized carbons (Fsp3) is 0.371. The quantitative estimate of drug-likeness (QED) is 0.267. The summed E-state index contributed by atoms with van der Waals surface area (Å²) in [6.07, 6.45) is 6.60. The maximum Gasteiger partial charge on any atom is 0.249 e. The number of morpholine rings is 1. The molecule has 9 nitrogen and oxygen atoms in total. The van der Waals surface area contributed by atoms with Gasteiger partial charge in [-0.2, -0.15) is 0 Å². The van der Waals surface area contributed by atoms with Crippen molar-refractivity contribution in [1.82, 2.24) is 14.9 Å². The SMILES string of the molecule is CN(C)c1ccc(CN2CCC(Nc3ccc4c(c3)Cc3cccc(C5CN(c6cc[nH]c(=O)c6)CCO5)c3O4)CC2)cn1. The summed E-state index contributed by atoms with van der Waals surface area (Å²) in [5, 5.41) is 3.80. The monoisotopic (exact) mass is 592 g/mol. The van der Waals surface area contributed by atoms with E-state index >= 15 is 0 Å². The van der Waals surface area contributed by atoms with E-state index in [4.69, 9.17) is 9.47 Å². The number of pyridine rings is 2. The van der Waals surface area contributed by atoms with Gasteiger partial charge in [0.15, 0.2) is 0 Å². The lowest BCUT2D eigenvalue weighted by Gasteiger charge is -2.36. The number of piperidine rings is 1. The van der Waals surface area contributed by atoms with Crippen LogP contribution in [0.4, 0.5) is 17.2 Å². The molecule has 0 spiro atoms. The molecule has 0 aliphatic carbocycles. The molecule has 228 valence electrons. The summed E-state index contributed by atoms with van der Waals surface area (Å²) >= 11 is 0. The van der Waals surface area contributed by atoms with E-state index in [0.29, 0.717) is 19.2 Å². The van der Waals surface area contributed by atoms with E-state index in [-0.39, 0.29) is 11.7 Å². The Kier molecular flexibility index (Phi) is 7.97. The van der Waals surface area contributed by atoms with Gasteiger partial charge in [0.05, 0.1) is 6.61 Å². The zero-order chi connectivity index (χ0) is 30.0. The minimum Gasteiger partial charge on any atom is -0.456 e. The highest BCUT2D eigenvalue weighted by Crippen LogP contribution is 2.43. The van der Waals surface area contributed by atoms with Crippen molar-refractivity contribution < 1.29 is 9.47 Å². The third-order valence-electron chi connectivity index (χ3n) is 8.95. The summed E-state index contributed by atoms with van der Waals surface area (Å²) in [7, 11) is 4.03. The number of fused-ring (bicyclic) bond motifs is 2. The number of anilines is 3. The van der Waals surface area contributed by atoms with Gasteiger partial charge < -0.3 is 29.6 Å². The van der Waals surface area contributed by atoms with Crippen molar-refractivity contribution in [3.05, 3.63) is 106 Å². The van der Waals surface area contributed by atoms with Crippen molar-refractivity contribution in [3.8, 4) is 11.5 Å². The number of para-hydroxylation sites is 1. The van der Waals surface area contributed by atoms with Gasteiger partial charge in [-0.15, -0.1) is 0 Å². The van der Waals surface area contributed by atoms with Crippen LogP contribution < -0.4 is 25.4 Å². The molecule has 3 aliphatic rings. The lowest BCUT2D eigenvalue weighted by atomic mass is 9.95. The van der Waals surface area contributed by atoms with E-state index in [1.807, 2.05) is 31.3 Å². The van der Waals surface area contributed by atoms with E-state index in [1.54, 1.807) is 12.3 Å². The summed E-state index contributed by atoms with van der Waals surface area (Å²) < 4.78 is 12.8. The minimum absolute atomic E-state index is 0.0957. The largest absolute Gasteiger partial charge is 0.456 e. The topological polar surface area (TPSA) is 86.0 Å². The van der Waals surface area contributed by atoms with Gasteiger partial charge >= 0.3 is 0 Å². The van der Waals surface area contributed by atoms with Gasteiger partial charge in [0.25, 0.3) is 0 Å². The molecule has 0 bridgehead atoms. The Balaban J connectivity index is 0.975. The summed E-state index contributed by atoms with van der Waals surface area (Å²) in [5.41, 5.74) is 6.66. The standard InChI is InChI=1S/C35H40N6O3/c1-39(2)33-9-6-24(21-37-33)22-40-14-11-27(12-15-40)38-28-7-8-31-26(19-28)18-25-4-3-5-30(35(25)44-31)32-23-41(16-17-43-32)29-10-13-36-34(42)20-29/h3-10,13,19-21,27,32,38H,11-12,14-18,22-23H2,1-2H3,(H,36,42). The number of nitrogens with zero attached hydrogens (tertiary/aromatic N) is 4. The second-order valence-corrected chi connectivity index (χ2v) is 12.3. The molecule has 5 heterocycles. The van der Waals surface area contributed by atoms with Crippen LogP contribution in [0.1, 0.15) is 41.2 Å². The smallest absolute Gasteiger partial charge is 0.249 e. The number of H-pyrrole nitrogens is 1. The van der Waals surface area contributed by atoms with Crippen LogP contribution in [0.2, 0.25) is 0 Å². The Labute approximate surface area is 258 Å². The van der Waals surface area contributed by atoms with Crippen LogP contribution in [-0.2, 0) is 17.7 Å². The Morgan fingerprint density at radius 3 is 2.70 bits per heavy atom. The van der Waals surface area contributed by atoms with Gasteiger partial charge in [-0.05, 0) is 54.3 Å². The summed E-state index contributed by atoms with van der Waals surface area (Å²) in [4.78, 5) is 25.9. The molecule has 7 rings (SSSR count). The third kappa shape index (κ3) is 6.16. The molecule has 0 saturated carbocycles. The van der Waals surface area contributed by atoms with Gasteiger partial charge in [0, 0.05) is 100 Å². The first-order chi connectivity index (χ1) is 21.5. The molecule has 2 aromatic carbocycles. The number of nitrogens with one attached hydrogen (secondary N) is 2. The van der Waals surface area contributed by atoms with E-state index < -0.39 is 0 Å². The van der Waals surface area contributed by atoms with Crippen LogP contribution >= 0.6 is 0 Å². The molecule has 4 aromatic rings. The first-order valence-electron chi connectivity index (χ1n) is 15.6. The first kappa shape index (κ1) is 28.4. The van der Waals surface area contributed by atoms with Crippen LogP contribution in [-0.4, -0.2) is 67.8 Å². The molecule has 1 atom stereocenters. The van der Waals surface area contributed by atoms with Gasteiger partial charge in [-0.3, -0.25) is 9.69 Å². The molecular weight excluding hydrogens is 552 g/mol. The Morgan fingerprint density at radius 2 is 1.91 bits per heavy atom. The van der Waals surface area contributed by atoms with Gasteiger partial charge in [0.2, 0.25) is 5.56 Å². The van der Waals surface area contributed by atoms with Crippen LogP contribution in [0.25, 0.3) is 0 Å². The van der Waals surface area contributed by atoms with Gasteiger partial charge in [-0.1, -0.05) is 24.3 Å². The van der Waals surface area contributed by atoms with E-state index in [2.05, 4.69) is 73.6 Å². The molecule has 44 heavy (non-hydrogen) atoms. The van der Waals surface area contributed by atoms with E-state index in [1.165, 1.54) is 16.7 Å². The van der Waals surface area contributed by atoms with Crippen LogP contribution in [0.5, 0.6) is 11.5 Å². The predicted octanol–water partition coefficient (Wildman–Crippen LogP) is 5.19. The fourth-order valence-corrected chi connectivity index (χ4v) is 6.55. The van der Waals surface area contributed by atoms with Crippen molar-refractivity contribution in [2.24, 2.45) is 0 Å². The van der Waals surface area contributed by atoms with Crippen molar-refractivity contribution in [1.29, 1.82) is 0 Å². The molecule has 2 fully saturated rings. The lowest BCUT2D eigenvalue weighted by molar-refractivity contribution is 0.0384. The molecule has 2 N–H and O–H groups in total. The van der Waals surface area contributed by atoms with E-state index in [9.17, 15) is 4.79 Å². The molecular formula is C35H40N6O3. The number of hydrogen-bond acceptors (Lipinski definition) is 8. The average molecular weight is 593 g/mol. The Hall–Kier alpha value is -4.34. The summed E-state index contributed by atoms with van der Waals surface area (Å²) in [6, 6.07) is 21.2. The number of aromatic nitrogens is 2. The first-order valence-corrected chi connectivity index (χ1v) is 15.6. The van der Waals surface area contributed by atoms with Gasteiger partial charge in [0.1, 0.15) is 23.4 Å². The fourth-order valence-electron chi connectivity index (χ4n) is 6.55. The zero-order valence-electron chi connectivity index (χ0n) is 25.5. The zero-order valence-corrected chi connectivity index (χ0v) is 25.5. The maximum absolute atomic E-state index is 11.9. The van der Waals surface area contributed by atoms with Crippen LogP contribution in [0.15, 0.2) is 77.9 Å². The van der Waals surface area contributed by atoms with Crippen molar-refractivity contribution in [3.63, 3.8) is 0 Å². The predicted molar refractivity (Wildman–Crippen MR) is 174 cm³/mol. The highest BCUT2D eigenvalue weighted by atomic mass is 16.5. The van der Waals surface area contributed by atoms with Crippen molar-refractivity contribution in [2.45, 2.75) is 38.0 Å². The second kappa shape index (κ2) is 12.3. The van der Waals surface area contributed by atoms with E-state index in [0.717, 1.165) is 79.7 Å². The molecule has 3 aliphatic heterocycles.